The molecule has 0 aliphatic carbocycles. The average molecular weight is 855 g/mol. The van der Waals surface area contributed by atoms with Gasteiger partial charge in [0.25, 0.3) is 17.4 Å². The number of anilines is 1. The molecular formula is C45H38N6O8S2. The van der Waals surface area contributed by atoms with Crippen LogP contribution in [0.5, 0.6) is 5.75 Å². The van der Waals surface area contributed by atoms with E-state index in [4.69, 9.17) is 23.8 Å². The van der Waals surface area contributed by atoms with E-state index in [1.807, 2.05) is 54.6 Å². The van der Waals surface area contributed by atoms with Gasteiger partial charge in [-0.15, -0.1) is 23.1 Å². The number of allylic oxidation sites excluding steroid dienone is 1. The molecule has 0 bridgehead atoms. The van der Waals surface area contributed by atoms with Crippen LogP contribution in [0.25, 0.3) is 6.08 Å². The van der Waals surface area contributed by atoms with Crippen LogP contribution < -0.4 is 20.9 Å². The van der Waals surface area contributed by atoms with Crippen LogP contribution in [-0.4, -0.2) is 69.9 Å². The molecule has 3 N–H and O–H groups in total. The Morgan fingerprint density at radius 3 is 2.13 bits per heavy atom. The van der Waals surface area contributed by atoms with Gasteiger partial charge < -0.3 is 29.5 Å². The van der Waals surface area contributed by atoms with Crippen molar-refractivity contribution in [3.8, 4) is 5.75 Å². The molecule has 4 aromatic carbocycles. The molecule has 2 atom stereocenters. The number of hydrogen-bond donors (Lipinski definition) is 3. The normalized spacial score (nSPS) is 16.5. The third-order valence-corrected chi connectivity index (χ3v) is 12.1. The number of benzene rings is 4. The summed E-state index contributed by atoms with van der Waals surface area (Å²) in [6.45, 7) is -0.0689. The highest BCUT2D eigenvalue weighted by atomic mass is 32.2. The maximum absolute atomic E-state index is 14.0. The summed E-state index contributed by atoms with van der Waals surface area (Å²) in [6.07, 6.45) is 3.11. The Morgan fingerprint density at radius 1 is 0.918 bits per heavy atom. The van der Waals surface area contributed by atoms with E-state index in [2.05, 4.69) is 57.3 Å². The number of rotatable bonds is 15. The van der Waals surface area contributed by atoms with Gasteiger partial charge in [-0.05, 0) is 46.0 Å². The number of fused-ring (bicyclic) bond motifs is 1. The topological polar surface area (TPSA) is 177 Å². The lowest BCUT2D eigenvalue weighted by Gasteiger charge is -2.49. The zero-order chi connectivity index (χ0) is 42.3. The molecule has 2 aliphatic rings. The molecule has 0 radical (unpaired) electrons. The number of oxime groups is 1. The standard InChI is InChI=1S/C45H38N6O8S2/c1-56-33-21-18-28(19-22-33)25-58-43(55)39-29(20-23-34-24-36(52)49-59-34)26-60-42-38(41(54)51(39)42)47-40(53)37(50-57-2)35-27-61-44(46-35)48-45(30-12-6-3-7-13-30,31-14-8-4-9-15-31)32-16-10-5-11-17-32/h3-24,27,38,42H,25-26H2,1-2H3,(H,46,48)(H,47,53)(H,49,52)/b23-20+,50-37-/t38-,42-/m1/s1. The van der Waals surface area contributed by atoms with Gasteiger partial charge in [-0.3, -0.25) is 19.3 Å². The van der Waals surface area contributed by atoms with Crippen LogP contribution in [0, 0.1) is 0 Å². The molecule has 4 heterocycles. The van der Waals surface area contributed by atoms with Crippen molar-refractivity contribution in [2.75, 3.05) is 25.3 Å². The molecule has 1 fully saturated rings. The minimum atomic E-state index is -1.02. The number of thiazole rings is 1. The lowest BCUT2D eigenvalue weighted by Crippen LogP contribution is -2.71. The number of aromatic amines is 1. The van der Waals surface area contributed by atoms with E-state index in [9.17, 15) is 19.2 Å². The van der Waals surface area contributed by atoms with Crippen molar-refractivity contribution in [2.45, 2.75) is 23.6 Å². The Morgan fingerprint density at radius 2 is 1.56 bits per heavy atom. The third-order valence-electron chi connectivity index (χ3n) is 10.1. The van der Waals surface area contributed by atoms with Crippen molar-refractivity contribution >= 4 is 57.8 Å². The van der Waals surface area contributed by atoms with E-state index >= 15 is 0 Å². The Hall–Kier alpha value is -7.17. The van der Waals surface area contributed by atoms with Crippen LogP contribution in [0.3, 0.4) is 0 Å². The van der Waals surface area contributed by atoms with Crippen molar-refractivity contribution in [1.82, 2.24) is 20.4 Å². The first-order chi connectivity index (χ1) is 29.8. The minimum Gasteiger partial charge on any atom is -0.497 e. The molecule has 2 aromatic heterocycles. The average Bonchev–Trinajstić information content (AvgIpc) is 3.96. The number of H-pyrrole nitrogens is 1. The SMILES string of the molecule is CO/N=C(\C(=O)N[C@@H]1C(=O)N2C(C(=O)OCc3ccc(OC)cc3)=C(/C=C/c3cc(=O)[nH]o3)CS[C@H]12)c1csc(NC(c2ccccc2)(c2ccccc2)c2ccccc2)n1. The molecule has 2 aliphatic heterocycles. The number of carbonyl (C=O) groups excluding carboxylic acids is 3. The van der Waals surface area contributed by atoms with Crippen molar-refractivity contribution < 1.29 is 33.2 Å². The summed E-state index contributed by atoms with van der Waals surface area (Å²) in [6, 6.07) is 37.4. The second-order valence-corrected chi connectivity index (χ2v) is 15.7. The second kappa shape index (κ2) is 18.0. The molecule has 6 aromatic rings. The number of nitrogens with one attached hydrogen (secondary N) is 3. The molecule has 0 spiro atoms. The second-order valence-electron chi connectivity index (χ2n) is 13.7. The van der Waals surface area contributed by atoms with Crippen molar-refractivity contribution in [3.63, 3.8) is 0 Å². The highest BCUT2D eigenvalue weighted by Crippen LogP contribution is 2.42. The molecule has 0 saturated carbocycles. The van der Waals surface area contributed by atoms with E-state index in [0.29, 0.717) is 22.0 Å². The Balaban J connectivity index is 1.04. The number of ether oxygens (including phenoxy) is 2. The number of aromatic nitrogens is 2. The summed E-state index contributed by atoms with van der Waals surface area (Å²) in [5.41, 5.74) is 2.88. The number of carbonyl (C=O) groups is 3. The molecule has 1 saturated heterocycles. The van der Waals surface area contributed by atoms with E-state index in [0.717, 1.165) is 16.7 Å². The molecular weight excluding hydrogens is 817 g/mol. The van der Waals surface area contributed by atoms with Gasteiger partial charge in [0, 0.05) is 11.1 Å². The molecule has 0 unspecified atom stereocenters. The zero-order valence-electron chi connectivity index (χ0n) is 32.8. The quantitative estimate of drug-likeness (QED) is 0.0348. The monoisotopic (exact) mass is 854 g/mol. The molecule has 14 nitrogen and oxygen atoms in total. The minimum absolute atomic E-state index is 0.0154. The Labute approximate surface area is 357 Å². The van der Waals surface area contributed by atoms with E-state index in [1.165, 1.54) is 47.3 Å². The number of thioether (sulfide) groups is 1. The van der Waals surface area contributed by atoms with E-state index < -0.39 is 40.3 Å². The summed E-state index contributed by atoms with van der Waals surface area (Å²) >= 11 is 2.63. The predicted molar refractivity (Wildman–Crippen MR) is 232 cm³/mol. The number of β-lactam (4-membered cyclic amide) rings is 1. The van der Waals surface area contributed by atoms with Crippen LogP contribution in [-0.2, 0) is 36.1 Å². The zero-order valence-corrected chi connectivity index (χ0v) is 34.4. The first-order valence-electron chi connectivity index (χ1n) is 19.0. The van der Waals surface area contributed by atoms with E-state index in [-0.39, 0.29) is 35.2 Å². The predicted octanol–water partition coefficient (Wildman–Crippen LogP) is 6.30. The lowest BCUT2D eigenvalue weighted by atomic mass is 9.77. The van der Waals surface area contributed by atoms with Gasteiger partial charge >= 0.3 is 5.97 Å². The maximum atomic E-state index is 14.0. The Bertz CT molecular complexity index is 2580. The summed E-state index contributed by atoms with van der Waals surface area (Å²) in [7, 11) is 2.87. The highest BCUT2D eigenvalue weighted by Gasteiger charge is 2.54. The Kier molecular flexibility index (Phi) is 12.0. The number of methoxy groups -OCH3 is 1. The lowest BCUT2D eigenvalue weighted by molar-refractivity contribution is -0.153. The summed E-state index contributed by atoms with van der Waals surface area (Å²) in [5.74, 6) is -0.821. The number of amides is 2. The van der Waals surface area contributed by atoms with Gasteiger partial charge in [-0.2, -0.15) is 5.16 Å². The number of esters is 1. The van der Waals surface area contributed by atoms with Gasteiger partial charge in [0.2, 0.25) is 0 Å². The van der Waals surface area contributed by atoms with E-state index in [1.54, 1.807) is 42.8 Å². The molecule has 61 heavy (non-hydrogen) atoms. The largest absolute Gasteiger partial charge is 0.497 e. The summed E-state index contributed by atoms with van der Waals surface area (Å²) in [4.78, 5) is 64.7. The summed E-state index contributed by atoms with van der Waals surface area (Å²) < 4.78 is 16.1. The fourth-order valence-electron chi connectivity index (χ4n) is 7.15. The fraction of sp³-hybridized carbons (Fsp3) is 0.156. The number of hydrogen-bond acceptors (Lipinski definition) is 13. The van der Waals surface area contributed by atoms with Crippen molar-refractivity contribution in [3.05, 3.63) is 188 Å². The third kappa shape index (κ3) is 8.35. The number of nitrogens with zero attached hydrogens (tertiary/aromatic N) is 3. The maximum Gasteiger partial charge on any atom is 0.355 e. The fourth-order valence-corrected chi connectivity index (χ4v) is 9.22. The van der Waals surface area contributed by atoms with Crippen LogP contribution in [0.1, 0.15) is 33.7 Å². The smallest absolute Gasteiger partial charge is 0.355 e. The first kappa shape index (κ1) is 40.6. The first-order valence-corrected chi connectivity index (χ1v) is 20.9. The molecule has 16 heteroatoms. The van der Waals surface area contributed by atoms with Gasteiger partial charge in [-0.25, -0.2) is 9.78 Å². The van der Waals surface area contributed by atoms with Crippen LogP contribution >= 0.6 is 23.1 Å². The molecule has 8 rings (SSSR count). The van der Waals surface area contributed by atoms with Gasteiger partial charge in [0.15, 0.2) is 16.6 Å². The summed E-state index contributed by atoms with van der Waals surface area (Å²) in [5, 5.41) is 14.3. The van der Waals surface area contributed by atoms with Crippen molar-refractivity contribution in [2.24, 2.45) is 5.16 Å². The van der Waals surface area contributed by atoms with Crippen LogP contribution in [0.15, 0.2) is 159 Å². The van der Waals surface area contributed by atoms with Gasteiger partial charge in [0.1, 0.15) is 47.8 Å². The van der Waals surface area contributed by atoms with Gasteiger partial charge in [-0.1, -0.05) is 114 Å². The van der Waals surface area contributed by atoms with Crippen molar-refractivity contribution in [1.29, 1.82) is 0 Å². The molecule has 308 valence electrons. The highest BCUT2D eigenvalue weighted by molar-refractivity contribution is 8.00. The van der Waals surface area contributed by atoms with Crippen LogP contribution in [0.4, 0.5) is 5.13 Å². The van der Waals surface area contributed by atoms with Crippen LogP contribution in [0.2, 0.25) is 0 Å². The van der Waals surface area contributed by atoms with Gasteiger partial charge in [0.05, 0.1) is 13.2 Å². The molecule has 2 amide bonds.